The van der Waals surface area contributed by atoms with Gasteiger partial charge in [-0.3, -0.25) is 0 Å². The van der Waals surface area contributed by atoms with Crippen LogP contribution >= 0.6 is 0 Å². The molecule has 1 heteroatoms. The second-order valence-corrected chi connectivity index (χ2v) is 10.1. The number of aromatic nitrogens is 1. The van der Waals surface area contributed by atoms with E-state index in [4.69, 9.17) is 0 Å². The molecular weight excluding hydrogens is 422 g/mol. The second-order valence-electron chi connectivity index (χ2n) is 10.1. The molecule has 0 saturated heterocycles. The summed E-state index contributed by atoms with van der Waals surface area (Å²) in [4.78, 5) is 0. The number of hydrogen-bond acceptors (Lipinski definition) is 0. The first-order valence-electron chi connectivity index (χ1n) is 12.5. The Labute approximate surface area is 202 Å². The fraction of sp³-hybridized carbons (Fsp3) is 0.0588. The van der Waals surface area contributed by atoms with Crippen LogP contribution in [0.2, 0.25) is 0 Å². The molecule has 0 amide bonds. The van der Waals surface area contributed by atoms with Gasteiger partial charge in [-0.05, 0) is 80.9 Å². The smallest absolute Gasteiger partial charge is 0.0553 e. The summed E-state index contributed by atoms with van der Waals surface area (Å²) in [5.41, 5.74) is 15.3. The topological polar surface area (TPSA) is 4.41 Å². The Balaban J connectivity index is 1.61. The summed E-state index contributed by atoms with van der Waals surface area (Å²) in [6.45, 7) is 0. The van der Waals surface area contributed by atoms with E-state index < -0.39 is 0 Å². The Bertz CT molecular complexity index is 2050. The van der Waals surface area contributed by atoms with Crippen molar-refractivity contribution in [1.82, 2.24) is 4.40 Å². The van der Waals surface area contributed by atoms with E-state index in [1.165, 1.54) is 82.6 Å². The maximum absolute atomic E-state index is 2.52. The van der Waals surface area contributed by atoms with Crippen LogP contribution in [0, 0.1) is 0 Å². The molecule has 162 valence electrons. The molecule has 7 aromatic rings. The minimum Gasteiger partial charge on any atom is -0.309 e. The summed E-state index contributed by atoms with van der Waals surface area (Å²) in [7, 11) is 0. The summed E-state index contributed by atoms with van der Waals surface area (Å²) >= 11 is 0. The van der Waals surface area contributed by atoms with E-state index in [-0.39, 0.29) is 0 Å². The third kappa shape index (κ3) is 2.15. The standard InChI is InChI=1S/C34H21N/c1-4-10-25-21(8-1)18-24-14-16-29-33(31(24)25)27-15-13-23-17-20-7-2-5-11-26(20)32(23)34(27)30-19-22-9-3-6-12-28(22)35(29)30/h1-16,19H,17-18H2. The van der Waals surface area contributed by atoms with Gasteiger partial charge in [-0.1, -0.05) is 84.9 Å². The van der Waals surface area contributed by atoms with E-state index in [9.17, 15) is 0 Å². The molecule has 2 aliphatic carbocycles. The molecule has 2 aromatic heterocycles. The Hall–Kier alpha value is -4.36. The van der Waals surface area contributed by atoms with E-state index in [1.807, 2.05) is 0 Å². The average Bonchev–Trinajstić information content (AvgIpc) is 3.59. The number of rotatable bonds is 0. The summed E-state index contributed by atoms with van der Waals surface area (Å²) < 4.78 is 2.52. The predicted octanol–water partition coefficient (Wildman–Crippen LogP) is 8.54. The maximum Gasteiger partial charge on any atom is 0.0553 e. The van der Waals surface area contributed by atoms with Crippen molar-refractivity contribution in [1.29, 1.82) is 0 Å². The largest absolute Gasteiger partial charge is 0.309 e. The SMILES string of the molecule is c1ccc2c(c1)Cc1ccc3c(c1-2)c1ccc2c(c1c1cc4ccccc4n31)-c1ccccc1C2. The van der Waals surface area contributed by atoms with E-state index in [1.54, 1.807) is 0 Å². The number of benzene rings is 5. The van der Waals surface area contributed by atoms with Crippen molar-refractivity contribution in [3.8, 4) is 22.3 Å². The van der Waals surface area contributed by atoms with E-state index >= 15 is 0 Å². The molecule has 0 N–H and O–H groups in total. The lowest BCUT2D eigenvalue weighted by molar-refractivity contribution is 1.26. The van der Waals surface area contributed by atoms with Gasteiger partial charge in [0.1, 0.15) is 0 Å². The van der Waals surface area contributed by atoms with E-state index in [0.717, 1.165) is 12.8 Å². The molecule has 2 heterocycles. The van der Waals surface area contributed by atoms with Crippen molar-refractivity contribution in [2.24, 2.45) is 0 Å². The van der Waals surface area contributed by atoms with E-state index in [0.29, 0.717) is 0 Å². The van der Waals surface area contributed by atoms with Gasteiger partial charge >= 0.3 is 0 Å². The Morgan fingerprint density at radius 1 is 0.457 bits per heavy atom. The van der Waals surface area contributed by atoms with Crippen molar-refractivity contribution in [3.05, 3.63) is 125 Å². The zero-order valence-corrected chi connectivity index (χ0v) is 19.2. The third-order valence-electron chi connectivity index (χ3n) is 8.37. The molecule has 35 heavy (non-hydrogen) atoms. The lowest BCUT2D eigenvalue weighted by Crippen LogP contribution is -1.95. The van der Waals surface area contributed by atoms with Gasteiger partial charge in [0.05, 0.1) is 16.6 Å². The van der Waals surface area contributed by atoms with Crippen LogP contribution in [0.4, 0.5) is 0 Å². The minimum atomic E-state index is 1.02. The average molecular weight is 444 g/mol. The highest BCUT2D eigenvalue weighted by molar-refractivity contribution is 6.25. The molecule has 0 bridgehead atoms. The van der Waals surface area contributed by atoms with Crippen molar-refractivity contribution in [2.45, 2.75) is 12.8 Å². The van der Waals surface area contributed by atoms with Crippen molar-refractivity contribution >= 4 is 38.1 Å². The Morgan fingerprint density at radius 3 is 1.80 bits per heavy atom. The molecule has 0 fully saturated rings. The Morgan fingerprint density at radius 2 is 1.06 bits per heavy atom. The van der Waals surface area contributed by atoms with Gasteiger partial charge in [0.2, 0.25) is 0 Å². The van der Waals surface area contributed by atoms with Crippen LogP contribution in [0.3, 0.4) is 0 Å². The summed E-state index contributed by atoms with van der Waals surface area (Å²) in [5.74, 6) is 0. The van der Waals surface area contributed by atoms with Gasteiger partial charge in [0.15, 0.2) is 0 Å². The molecule has 0 atom stereocenters. The first kappa shape index (κ1) is 18.0. The fourth-order valence-corrected chi connectivity index (χ4v) is 6.97. The van der Waals surface area contributed by atoms with Crippen molar-refractivity contribution in [2.75, 3.05) is 0 Å². The number of fused-ring (bicyclic) bond motifs is 16. The molecule has 9 rings (SSSR count). The van der Waals surface area contributed by atoms with Gasteiger partial charge in [-0.25, -0.2) is 0 Å². The number of pyridine rings is 1. The van der Waals surface area contributed by atoms with Crippen molar-refractivity contribution < 1.29 is 0 Å². The minimum absolute atomic E-state index is 1.02. The normalized spacial score (nSPS) is 13.5. The van der Waals surface area contributed by atoms with Crippen LogP contribution in [-0.4, -0.2) is 4.40 Å². The van der Waals surface area contributed by atoms with Crippen LogP contribution in [0.15, 0.2) is 103 Å². The van der Waals surface area contributed by atoms with Crippen molar-refractivity contribution in [3.63, 3.8) is 0 Å². The van der Waals surface area contributed by atoms with Crippen LogP contribution in [0.25, 0.3) is 60.3 Å². The number of hydrogen-bond donors (Lipinski definition) is 0. The highest BCUT2D eigenvalue weighted by Gasteiger charge is 2.27. The zero-order valence-electron chi connectivity index (χ0n) is 19.2. The van der Waals surface area contributed by atoms with Crippen LogP contribution in [0.1, 0.15) is 22.3 Å². The predicted molar refractivity (Wildman–Crippen MR) is 146 cm³/mol. The van der Waals surface area contributed by atoms with Gasteiger partial charge in [-0.15, -0.1) is 0 Å². The fourth-order valence-electron chi connectivity index (χ4n) is 6.97. The number of nitrogens with zero attached hydrogens (tertiary/aromatic N) is 1. The lowest BCUT2D eigenvalue weighted by atomic mass is 9.91. The molecule has 5 aromatic carbocycles. The first-order chi connectivity index (χ1) is 17.4. The van der Waals surface area contributed by atoms with Crippen LogP contribution in [-0.2, 0) is 12.8 Å². The number of para-hydroxylation sites is 1. The first-order valence-corrected chi connectivity index (χ1v) is 12.5. The second kappa shape index (κ2) is 6.20. The maximum atomic E-state index is 2.52. The molecule has 0 saturated carbocycles. The summed E-state index contributed by atoms with van der Waals surface area (Å²) in [6, 6.07) is 38.7. The monoisotopic (exact) mass is 443 g/mol. The highest BCUT2D eigenvalue weighted by Crippen LogP contribution is 2.49. The molecular formula is C34H21N. The van der Waals surface area contributed by atoms with Crippen LogP contribution in [0.5, 0.6) is 0 Å². The quantitative estimate of drug-likeness (QED) is 0.207. The van der Waals surface area contributed by atoms with Gasteiger partial charge in [-0.2, -0.15) is 0 Å². The van der Waals surface area contributed by atoms with Crippen LogP contribution < -0.4 is 0 Å². The molecule has 0 unspecified atom stereocenters. The lowest BCUT2D eigenvalue weighted by Gasteiger charge is -2.17. The highest BCUT2D eigenvalue weighted by atomic mass is 14.9. The summed E-state index contributed by atoms with van der Waals surface area (Å²) in [5, 5.41) is 5.46. The zero-order chi connectivity index (χ0) is 22.7. The van der Waals surface area contributed by atoms with Gasteiger partial charge < -0.3 is 4.40 Å². The molecule has 1 nitrogen and oxygen atoms in total. The molecule has 2 aliphatic rings. The molecule has 0 radical (unpaired) electrons. The van der Waals surface area contributed by atoms with E-state index in [2.05, 4.69) is 108 Å². The van der Waals surface area contributed by atoms with Gasteiger partial charge in [0.25, 0.3) is 0 Å². The third-order valence-corrected chi connectivity index (χ3v) is 8.37. The summed E-state index contributed by atoms with van der Waals surface area (Å²) in [6.07, 6.45) is 2.03. The molecule has 0 spiro atoms. The Kier molecular flexibility index (Phi) is 3.19. The van der Waals surface area contributed by atoms with Gasteiger partial charge in [0, 0.05) is 16.2 Å². The molecule has 0 aliphatic heterocycles.